The number of hydrogen-bond acceptors (Lipinski definition) is 3. The lowest BCUT2D eigenvalue weighted by Crippen LogP contribution is -2.25. The summed E-state index contributed by atoms with van der Waals surface area (Å²) in [6.45, 7) is 2.53. The van der Waals surface area contributed by atoms with Crippen LogP contribution < -0.4 is 4.90 Å². The second-order valence-electron chi connectivity index (χ2n) is 3.66. The lowest BCUT2D eigenvalue weighted by Gasteiger charge is -2.28. The molecule has 0 saturated heterocycles. The summed E-state index contributed by atoms with van der Waals surface area (Å²) in [5.74, 6) is -0.930. The Kier molecular flexibility index (Phi) is 3.26. The van der Waals surface area contributed by atoms with Gasteiger partial charge in [-0.2, -0.15) is 0 Å². The molecule has 1 aromatic heterocycles. The number of hydrogen-bond donors (Lipinski definition) is 1. The van der Waals surface area contributed by atoms with Crippen LogP contribution in [0.4, 0.5) is 5.69 Å². The van der Waals surface area contributed by atoms with E-state index < -0.39 is 5.97 Å². The summed E-state index contributed by atoms with van der Waals surface area (Å²) >= 11 is 12.0. The van der Waals surface area contributed by atoms with Crippen LogP contribution in [0.5, 0.6) is 0 Å². The molecule has 1 aliphatic heterocycles. The Morgan fingerprint density at radius 3 is 2.88 bits per heavy atom. The molecule has 0 unspecified atom stereocenters. The zero-order valence-electron chi connectivity index (χ0n) is 9.07. The number of carbonyl (C=O) groups is 1. The van der Waals surface area contributed by atoms with Gasteiger partial charge in [-0.25, -0.2) is 9.78 Å². The highest BCUT2D eigenvalue weighted by atomic mass is 35.5. The van der Waals surface area contributed by atoms with E-state index in [1.807, 2.05) is 6.92 Å². The van der Waals surface area contributed by atoms with Crippen molar-refractivity contribution in [2.45, 2.75) is 13.3 Å². The molecule has 1 aromatic rings. The van der Waals surface area contributed by atoms with Gasteiger partial charge in [-0.1, -0.05) is 23.2 Å². The Morgan fingerprint density at radius 1 is 1.59 bits per heavy atom. The number of carboxylic acid groups (broad SMARTS) is 1. The molecule has 0 bridgehead atoms. The van der Waals surface area contributed by atoms with Crippen molar-refractivity contribution < 1.29 is 9.90 Å². The van der Waals surface area contributed by atoms with Crippen molar-refractivity contribution in [3.8, 4) is 0 Å². The molecule has 0 aliphatic carbocycles. The molecular weight excluding hydrogens is 263 g/mol. The smallest absolute Gasteiger partial charge is 0.333 e. The van der Waals surface area contributed by atoms with Crippen molar-refractivity contribution in [1.82, 2.24) is 4.98 Å². The number of aliphatic carboxylic acids is 1. The van der Waals surface area contributed by atoms with Crippen molar-refractivity contribution in [1.29, 1.82) is 0 Å². The van der Waals surface area contributed by atoms with E-state index in [1.54, 1.807) is 17.3 Å². The van der Waals surface area contributed by atoms with Gasteiger partial charge in [0.2, 0.25) is 0 Å². The number of fused-ring (bicyclic) bond motifs is 1. The van der Waals surface area contributed by atoms with Gasteiger partial charge in [0.1, 0.15) is 10.2 Å². The molecule has 2 heterocycles. The number of carboxylic acids is 1. The van der Waals surface area contributed by atoms with E-state index in [0.29, 0.717) is 23.6 Å². The summed E-state index contributed by atoms with van der Waals surface area (Å²) in [4.78, 5) is 16.7. The molecule has 6 heteroatoms. The van der Waals surface area contributed by atoms with Crippen molar-refractivity contribution in [3.63, 3.8) is 0 Å². The normalized spacial score (nSPS) is 14.3. The summed E-state index contributed by atoms with van der Waals surface area (Å²) in [6, 6.07) is 0. The molecular formula is C11H10Cl2N2O2. The average molecular weight is 273 g/mol. The number of anilines is 1. The minimum Gasteiger partial charge on any atom is -0.478 e. The Labute approximate surface area is 108 Å². The quantitative estimate of drug-likeness (QED) is 0.842. The maximum Gasteiger partial charge on any atom is 0.333 e. The standard InChI is InChI=1S/C11H10Cl2N2O2/c1-2-15-5-7(11(16)17)3-6-4-14-10(13)8(12)9(6)15/h4-5H,2-3H2,1H3,(H,16,17). The first kappa shape index (κ1) is 12.2. The SMILES string of the molecule is CCN1C=C(C(=O)O)Cc2cnc(Cl)c(Cl)c21. The minimum absolute atomic E-state index is 0.232. The zero-order chi connectivity index (χ0) is 12.6. The molecule has 2 rings (SSSR count). The molecule has 0 spiro atoms. The van der Waals surface area contributed by atoms with Gasteiger partial charge in [0.15, 0.2) is 0 Å². The second kappa shape index (κ2) is 4.55. The van der Waals surface area contributed by atoms with Gasteiger partial charge in [0, 0.05) is 30.9 Å². The third kappa shape index (κ3) is 2.10. The Hall–Kier alpha value is -1.26. The first-order valence-electron chi connectivity index (χ1n) is 5.08. The highest BCUT2D eigenvalue weighted by Gasteiger charge is 2.24. The Bertz CT molecular complexity index is 514. The van der Waals surface area contributed by atoms with Crippen LogP contribution in [0.25, 0.3) is 0 Å². The number of pyridine rings is 1. The maximum atomic E-state index is 11.0. The van der Waals surface area contributed by atoms with Crippen molar-refractivity contribution in [2.24, 2.45) is 0 Å². The number of nitrogens with zero attached hydrogens (tertiary/aromatic N) is 2. The van der Waals surface area contributed by atoms with E-state index in [1.165, 1.54) is 0 Å². The predicted octanol–water partition coefficient (Wildman–Crippen LogP) is 2.74. The van der Waals surface area contributed by atoms with Crippen LogP contribution in [0, 0.1) is 0 Å². The summed E-state index contributed by atoms with van der Waals surface area (Å²) < 4.78 is 0. The third-order valence-electron chi connectivity index (χ3n) is 2.62. The van der Waals surface area contributed by atoms with Gasteiger partial charge in [0.25, 0.3) is 0 Å². The lowest BCUT2D eigenvalue weighted by molar-refractivity contribution is -0.132. The highest BCUT2D eigenvalue weighted by molar-refractivity contribution is 6.43. The van der Waals surface area contributed by atoms with Crippen LogP contribution in [0.3, 0.4) is 0 Å². The topological polar surface area (TPSA) is 53.4 Å². The van der Waals surface area contributed by atoms with E-state index >= 15 is 0 Å². The molecule has 0 fully saturated rings. The molecule has 90 valence electrons. The van der Waals surface area contributed by atoms with Gasteiger partial charge in [-0.3, -0.25) is 0 Å². The third-order valence-corrected chi connectivity index (χ3v) is 3.36. The van der Waals surface area contributed by atoms with Crippen LogP contribution in [-0.4, -0.2) is 22.6 Å². The molecule has 17 heavy (non-hydrogen) atoms. The highest BCUT2D eigenvalue weighted by Crippen LogP contribution is 2.38. The van der Waals surface area contributed by atoms with Crippen molar-refractivity contribution in [2.75, 3.05) is 11.4 Å². The van der Waals surface area contributed by atoms with Gasteiger partial charge < -0.3 is 10.0 Å². The van der Waals surface area contributed by atoms with Gasteiger partial charge in [-0.15, -0.1) is 0 Å². The summed E-state index contributed by atoms with van der Waals surface area (Å²) in [7, 11) is 0. The largest absolute Gasteiger partial charge is 0.478 e. The fourth-order valence-corrected chi connectivity index (χ4v) is 2.23. The van der Waals surface area contributed by atoms with E-state index in [0.717, 1.165) is 11.3 Å². The number of halogens is 2. The molecule has 0 radical (unpaired) electrons. The maximum absolute atomic E-state index is 11.0. The fraction of sp³-hybridized carbons (Fsp3) is 0.273. The van der Waals surface area contributed by atoms with Crippen molar-refractivity contribution in [3.05, 3.63) is 33.7 Å². The second-order valence-corrected chi connectivity index (χ2v) is 4.40. The Balaban J connectivity index is 2.55. The van der Waals surface area contributed by atoms with E-state index in [4.69, 9.17) is 28.3 Å². The molecule has 1 aliphatic rings. The molecule has 0 saturated carbocycles. The monoisotopic (exact) mass is 272 g/mol. The fourth-order valence-electron chi connectivity index (χ4n) is 1.81. The van der Waals surface area contributed by atoms with Crippen LogP contribution >= 0.6 is 23.2 Å². The molecule has 0 atom stereocenters. The molecule has 0 aromatic carbocycles. The summed E-state index contributed by atoms with van der Waals surface area (Å²) in [5.41, 5.74) is 1.85. The summed E-state index contributed by atoms with van der Waals surface area (Å²) in [5, 5.41) is 9.63. The van der Waals surface area contributed by atoms with E-state index in [2.05, 4.69) is 4.98 Å². The van der Waals surface area contributed by atoms with Crippen molar-refractivity contribution >= 4 is 34.9 Å². The van der Waals surface area contributed by atoms with Crippen LogP contribution in [-0.2, 0) is 11.2 Å². The van der Waals surface area contributed by atoms with Crippen LogP contribution in [0.2, 0.25) is 10.2 Å². The predicted molar refractivity (Wildman–Crippen MR) is 66.7 cm³/mol. The lowest BCUT2D eigenvalue weighted by atomic mass is 10.0. The number of rotatable bonds is 2. The summed E-state index contributed by atoms with van der Waals surface area (Å²) in [6.07, 6.45) is 3.47. The minimum atomic E-state index is -0.930. The zero-order valence-corrected chi connectivity index (χ0v) is 10.6. The number of aromatic nitrogens is 1. The first-order chi connectivity index (χ1) is 8.04. The molecule has 4 nitrogen and oxygen atoms in total. The van der Waals surface area contributed by atoms with Crippen LogP contribution in [0.1, 0.15) is 12.5 Å². The van der Waals surface area contributed by atoms with Gasteiger partial charge in [-0.05, 0) is 6.92 Å². The van der Waals surface area contributed by atoms with E-state index in [-0.39, 0.29) is 5.15 Å². The first-order valence-corrected chi connectivity index (χ1v) is 5.83. The molecule has 0 amide bonds. The van der Waals surface area contributed by atoms with E-state index in [9.17, 15) is 4.79 Å². The average Bonchev–Trinajstić information content (AvgIpc) is 2.32. The molecule has 1 N–H and O–H groups in total. The Morgan fingerprint density at radius 2 is 2.29 bits per heavy atom. The van der Waals surface area contributed by atoms with Gasteiger partial charge >= 0.3 is 5.97 Å². The van der Waals surface area contributed by atoms with Gasteiger partial charge in [0.05, 0.1) is 11.3 Å². The van der Waals surface area contributed by atoms with Crippen LogP contribution in [0.15, 0.2) is 18.0 Å².